The maximum Gasteiger partial charge on any atom is 0.198 e. The average molecular weight is 372 g/mol. The zero-order chi connectivity index (χ0) is 18.1. The van der Waals surface area contributed by atoms with E-state index in [0.717, 1.165) is 5.69 Å². The van der Waals surface area contributed by atoms with E-state index < -0.39 is 6.29 Å². The van der Waals surface area contributed by atoms with E-state index in [1.54, 1.807) is 23.3 Å². The van der Waals surface area contributed by atoms with Gasteiger partial charge in [0.25, 0.3) is 0 Å². The predicted molar refractivity (Wildman–Crippen MR) is 100 cm³/mol. The van der Waals surface area contributed by atoms with Gasteiger partial charge in [0.2, 0.25) is 0 Å². The van der Waals surface area contributed by atoms with Crippen LogP contribution in [-0.4, -0.2) is 12.9 Å². The molecule has 0 amide bonds. The van der Waals surface area contributed by atoms with Crippen LogP contribution < -0.4 is 10.5 Å². The number of rotatable bonds is 4. The van der Waals surface area contributed by atoms with Crippen molar-refractivity contribution in [1.29, 1.82) is 0 Å². The molecule has 6 heteroatoms. The van der Waals surface area contributed by atoms with Gasteiger partial charge in [-0.1, -0.05) is 29.8 Å². The normalized spacial score (nSPS) is 20.0. The molecule has 2 aromatic carbocycles. The summed E-state index contributed by atoms with van der Waals surface area (Å²) in [6, 6.07) is 14.4. The highest BCUT2D eigenvalue weighted by molar-refractivity contribution is 6.31. The first-order valence-corrected chi connectivity index (χ1v) is 8.89. The molecule has 134 valence electrons. The van der Waals surface area contributed by atoms with Gasteiger partial charge in [-0.2, -0.15) is 0 Å². The van der Waals surface area contributed by atoms with E-state index in [-0.39, 0.29) is 11.5 Å². The molecule has 26 heavy (non-hydrogen) atoms. The van der Waals surface area contributed by atoms with E-state index in [2.05, 4.69) is 0 Å². The van der Waals surface area contributed by atoms with Gasteiger partial charge >= 0.3 is 0 Å². The Balaban J connectivity index is 1.80. The predicted octanol–water partition coefficient (Wildman–Crippen LogP) is 4.69. The lowest BCUT2D eigenvalue weighted by Crippen LogP contribution is -2.26. The fraction of sp³-hybridized carbons (Fsp3) is 0.250. The number of ether oxygens (including phenoxy) is 1. The number of halogens is 1. The summed E-state index contributed by atoms with van der Waals surface area (Å²) in [7, 11) is 0. The molecule has 0 aliphatic carbocycles. The van der Waals surface area contributed by atoms with Gasteiger partial charge in [-0.25, -0.2) is 9.90 Å². The van der Waals surface area contributed by atoms with E-state index in [1.807, 2.05) is 37.3 Å². The number of hydroxylamine groups is 1. The molecule has 1 saturated heterocycles. The lowest BCUT2D eigenvalue weighted by atomic mass is 10.0. The monoisotopic (exact) mass is 371 g/mol. The van der Waals surface area contributed by atoms with Gasteiger partial charge in [0.15, 0.2) is 11.7 Å². The molecule has 0 radical (unpaired) electrons. The minimum absolute atomic E-state index is 0.111. The van der Waals surface area contributed by atoms with Crippen LogP contribution in [0, 0.1) is 0 Å². The Morgan fingerprint density at radius 2 is 2.04 bits per heavy atom. The molecule has 0 spiro atoms. The first-order valence-electron chi connectivity index (χ1n) is 8.51. The number of para-hydroxylation sites is 1. The molecule has 0 unspecified atom stereocenters. The van der Waals surface area contributed by atoms with Crippen molar-refractivity contribution in [3.05, 3.63) is 75.6 Å². The third-order valence-electron chi connectivity index (χ3n) is 4.41. The van der Waals surface area contributed by atoms with Crippen LogP contribution in [0.5, 0.6) is 0 Å². The SMILES string of the molecule is CCO[C@@H]1C[C@@H](c2coc3ccc(Cl)cc3c2=O)N(c2ccccc2)O1. The molecule has 0 bridgehead atoms. The third-order valence-corrected chi connectivity index (χ3v) is 4.65. The third kappa shape index (κ3) is 3.09. The largest absolute Gasteiger partial charge is 0.464 e. The smallest absolute Gasteiger partial charge is 0.198 e. The Kier molecular flexibility index (Phi) is 4.68. The van der Waals surface area contributed by atoms with Gasteiger partial charge in [-0.05, 0) is 37.3 Å². The van der Waals surface area contributed by atoms with E-state index in [9.17, 15) is 4.79 Å². The van der Waals surface area contributed by atoms with Crippen LogP contribution in [0.4, 0.5) is 5.69 Å². The van der Waals surface area contributed by atoms with E-state index >= 15 is 0 Å². The summed E-state index contributed by atoms with van der Waals surface area (Å²) >= 11 is 6.06. The summed E-state index contributed by atoms with van der Waals surface area (Å²) in [4.78, 5) is 19.0. The number of nitrogens with zero attached hydrogens (tertiary/aromatic N) is 1. The molecule has 3 aromatic rings. The highest BCUT2D eigenvalue weighted by atomic mass is 35.5. The molecule has 1 aliphatic heterocycles. The fourth-order valence-corrected chi connectivity index (χ4v) is 3.39. The molecule has 5 nitrogen and oxygen atoms in total. The standard InChI is InChI=1S/C20H18ClNO4/c1-2-24-19-11-17(22(26-19)14-6-4-3-5-7-14)16-12-25-18-9-8-13(21)10-15(18)20(16)23/h3-10,12,17,19H,2,11H2,1H3/t17-,19-/m0/s1. The highest BCUT2D eigenvalue weighted by Gasteiger charge is 2.37. The number of benzene rings is 2. The van der Waals surface area contributed by atoms with Crippen molar-refractivity contribution < 1.29 is 14.0 Å². The molecular weight excluding hydrogens is 354 g/mol. The van der Waals surface area contributed by atoms with Crippen molar-refractivity contribution in [2.24, 2.45) is 0 Å². The van der Waals surface area contributed by atoms with E-state index in [4.69, 9.17) is 25.6 Å². The summed E-state index contributed by atoms with van der Waals surface area (Å²) in [6.45, 7) is 2.44. The minimum Gasteiger partial charge on any atom is -0.464 e. The summed E-state index contributed by atoms with van der Waals surface area (Å²) in [5.41, 5.74) is 1.77. The quantitative estimate of drug-likeness (QED) is 0.665. The zero-order valence-electron chi connectivity index (χ0n) is 14.2. The fourth-order valence-electron chi connectivity index (χ4n) is 3.22. The van der Waals surface area contributed by atoms with Gasteiger partial charge in [0, 0.05) is 18.1 Å². The molecule has 0 saturated carbocycles. The van der Waals surface area contributed by atoms with Gasteiger partial charge in [-0.15, -0.1) is 0 Å². The summed E-state index contributed by atoms with van der Waals surface area (Å²) in [5.74, 6) is 0. The van der Waals surface area contributed by atoms with Crippen LogP contribution in [0.25, 0.3) is 11.0 Å². The number of anilines is 1. The van der Waals surface area contributed by atoms with Gasteiger partial charge < -0.3 is 9.15 Å². The average Bonchev–Trinajstić information content (AvgIpc) is 3.07. The van der Waals surface area contributed by atoms with Crippen LogP contribution in [0.15, 0.2) is 64.0 Å². The molecule has 4 rings (SSSR count). The van der Waals surface area contributed by atoms with Crippen LogP contribution >= 0.6 is 11.6 Å². The highest BCUT2D eigenvalue weighted by Crippen LogP contribution is 2.37. The van der Waals surface area contributed by atoms with Gasteiger partial charge in [0.05, 0.1) is 22.7 Å². The first-order chi connectivity index (χ1) is 12.7. The van der Waals surface area contributed by atoms with Crippen LogP contribution in [0.1, 0.15) is 24.9 Å². The van der Waals surface area contributed by atoms with Crippen LogP contribution in [0.3, 0.4) is 0 Å². The Morgan fingerprint density at radius 3 is 2.81 bits per heavy atom. The molecular formula is C20H18ClNO4. The van der Waals surface area contributed by atoms with E-state index in [0.29, 0.717) is 34.6 Å². The second kappa shape index (κ2) is 7.11. The lowest BCUT2D eigenvalue weighted by Gasteiger charge is -2.24. The molecule has 2 atom stereocenters. The van der Waals surface area contributed by atoms with Crippen molar-refractivity contribution in [2.75, 3.05) is 11.7 Å². The van der Waals surface area contributed by atoms with Crippen molar-refractivity contribution in [3.63, 3.8) is 0 Å². The number of hydrogen-bond acceptors (Lipinski definition) is 5. The van der Waals surface area contributed by atoms with Crippen molar-refractivity contribution in [2.45, 2.75) is 25.7 Å². The Morgan fingerprint density at radius 1 is 1.23 bits per heavy atom. The molecule has 2 heterocycles. The Labute approximate surface area is 155 Å². The summed E-state index contributed by atoms with van der Waals surface area (Å²) in [5, 5.41) is 2.68. The number of fused-ring (bicyclic) bond motifs is 1. The van der Waals surface area contributed by atoms with Crippen LogP contribution in [-0.2, 0) is 9.57 Å². The number of hydrogen-bond donors (Lipinski definition) is 0. The second-order valence-electron chi connectivity index (χ2n) is 6.06. The summed E-state index contributed by atoms with van der Waals surface area (Å²) in [6.07, 6.45) is 1.62. The van der Waals surface area contributed by atoms with Crippen molar-refractivity contribution in [3.8, 4) is 0 Å². The molecule has 1 aromatic heterocycles. The van der Waals surface area contributed by atoms with Crippen LogP contribution in [0.2, 0.25) is 5.02 Å². The van der Waals surface area contributed by atoms with Gasteiger partial charge in [-0.3, -0.25) is 4.79 Å². The van der Waals surface area contributed by atoms with Crippen molar-refractivity contribution in [1.82, 2.24) is 0 Å². The molecule has 0 N–H and O–H groups in total. The van der Waals surface area contributed by atoms with Crippen molar-refractivity contribution >= 4 is 28.3 Å². The maximum atomic E-state index is 13.1. The van der Waals surface area contributed by atoms with Gasteiger partial charge in [0.1, 0.15) is 11.8 Å². The topological polar surface area (TPSA) is 51.9 Å². The lowest BCUT2D eigenvalue weighted by molar-refractivity contribution is -0.115. The maximum absolute atomic E-state index is 13.1. The van der Waals surface area contributed by atoms with E-state index in [1.165, 1.54) is 6.26 Å². The second-order valence-corrected chi connectivity index (χ2v) is 6.50. The zero-order valence-corrected chi connectivity index (χ0v) is 15.0. The Hall–Kier alpha value is -2.34. The molecule has 1 fully saturated rings. The minimum atomic E-state index is -0.417. The first kappa shape index (κ1) is 17.1. The Bertz CT molecular complexity index is 972. The molecule has 1 aliphatic rings. The summed E-state index contributed by atoms with van der Waals surface area (Å²) < 4.78 is 11.3.